The van der Waals surface area contributed by atoms with Gasteiger partial charge in [-0.15, -0.1) is 0 Å². The Hall–Kier alpha value is 0. The van der Waals surface area contributed by atoms with Gasteiger partial charge in [-0.25, -0.2) is 0 Å². The molecule has 0 saturated carbocycles. The molecule has 0 aromatic carbocycles. The minimum absolute atomic E-state index is 0.525. The summed E-state index contributed by atoms with van der Waals surface area (Å²) >= 11 is 0. The Morgan fingerprint density at radius 2 is 1.50 bits per heavy atom. The molecule has 12 heavy (non-hydrogen) atoms. The summed E-state index contributed by atoms with van der Waals surface area (Å²) in [5.41, 5.74) is 0.525. The van der Waals surface area contributed by atoms with E-state index in [1.54, 1.807) is 0 Å². The molecule has 0 nitrogen and oxygen atoms in total. The highest BCUT2D eigenvalue weighted by Gasteiger charge is 2.12. The minimum Gasteiger partial charge on any atom is -0.0625 e. The molecule has 1 atom stereocenters. The van der Waals surface area contributed by atoms with Gasteiger partial charge in [0.15, 0.2) is 0 Å². The second-order valence-corrected chi connectivity index (χ2v) is 5.67. The highest BCUT2D eigenvalue weighted by molar-refractivity contribution is 4.64. The fourth-order valence-corrected chi connectivity index (χ4v) is 1.29. The Bertz CT molecular complexity index is 106. The van der Waals surface area contributed by atoms with Crippen LogP contribution in [0.5, 0.6) is 0 Å². The molecule has 0 spiro atoms. The third-order valence-electron chi connectivity index (χ3n) is 2.72. The molecule has 0 aliphatic rings. The van der Waals surface area contributed by atoms with E-state index in [4.69, 9.17) is 0 Å². The Kier molecular flexibility index (Phi) is 4.89. The van der Waals surface area contributed by atoms with E-state index in [-0.39, 0.29) is 0 Å². The van der Waals surface area contributed by atoms with E-state index in [0.29, 0.717) is 5.41 Å². The lowest BCUT2D eigenvalue weighted by Gasteiger charge is -2.20. The molecule has 0 amide bonds. The number of rotatable bonds is 4. The summed E-state index contributed by atoms with van der Waals surface area (Å²) in [6.45, 7) is 14.0. The van der Waals surface area contributed by atoms with Gasteiger partial charge in [0, 0.05) is 0 Å². The molecule has 0 fully saturated rings. The summed E-state index contributed by atoms with van der Waals surface area (Å²) in [5.74, 6) is 1.75. The van der Waals surface area contributed by atoms with Gasteiger partial charge in [0.2, 0.25) is 0 Å². The predicted octanol–water partition coefficient (Wildman–Crippen LogP) is 4.49. The highest BCUT2D eigenvalue weighted by Crippen LogP contribution is 2.25. The average molecular weight is 170 g/mol. The first-order valence-corrected chi connectivity index (χ1v) is 5.33. The summed E-state index contributed by atoms with van der Waals surface area (Å²) in [4.78, 5) is 0. The van der Waals surface area contributed by atoms with Crippen LogP contribution in [0.4, 0.5) is 0 Å². The molecule has 0 bridgehead atoms. The molecular formula is C12H26. The molecular weight excluding hydrogens is 144 g/mol. The van der Waals surface area contributed by atoms with Gasteiger partial charge in [-0.1, -0.05) is 54.4 Å². The van der Waals surface area contributed by atoms with E-state index >= 15 is 0 Å². The first-order valence-electron chi connectivity index (χ1n) is 5.33. The SMILES string of the molecule is CC(C)[C@@H](C)CCCC(C)(C)C. The molecule has 0 aromatic heterocycles. The van der Waals surface area contributed by atoms with Gasteiger partial charge in [0.1, 0.15) is 0 Å². The van der Waals surface area contributed by atoms with E-state index < -0.39 is 0 Å². The van der Waals surface area contributed by atoms with Gasteiger partial charge in [-0.3, -0.25) is 0 Å². The van der Waals surface area contributed by atoms with Gasteiger partial charge in [-0.05, 0) is 23.7 Å². The molecule has 0 aliphatic heterocycles. The van der Waals surface area contributed by atoms with Gasteiger partial charge < -0.3 is 0 Å². The molecule has 0 heterocycles. The Morgan fingerprint density at radius 1 is 1.00 bits per heavy atom. The van der Waals surface area contributed by atoms with E-state index in [1.165, 1.54) is 19.3 Å². The third-order valence-corrected chi connectivity index (χ3v) is 2.72. The van der Waals surface area contributed by atoms with Crippen LogP contribution in [0.1, 0.15) is 60.8 Å². The molecule has 0 radical (unpaired) electrons. The van der Waals surface area contributed by atoms with Crippen molar-refractivity contribution in [2.24, 2.45) is 17.3 Å². The fraction of sp³-hybridized carbons (Fsp3) is 1.00. The summed E-state index contributed by atoms with van der Waals surface area (Å²) in [6, 6.07) is 0. The predicted molar refractivity (Wildman–Crippen MR) is 57.3 cm³/mol. The summed E-state index contributed by atoms with van der Waals surface area (Å²) in [7, 11) is 0. The first-order chi connectivity index (χ1) is 5.33. The molecule has 0 unspecified atom stereocenters. The van der Waals surface area contributed by atoms with Gasteiger partial charge in [0.05, 0.1) is 0 Å². The van der Waals surface area contributed by atoms with Crippen molar-refractivity contribution in [3.63, 3.8) is 0 Å². The van der Waals surface area contributed by atoms with E-state index in [9.17, 15) is 0 Å². The maximum atomic E-state index is 2.37. The van der Waals surface area contributed by atoms with Gasteiger partial charge in [-0.2, -0.15) is 0 Å². The van der Waals surface area contributed by atoms with Crippen molar-refractivity contribution in [2.45, 2.75) is 60.8 Å². The van der Waals surface area contributed by atoms with Crippen molar-refractivity contribution < 1.29 is 0 Å². The zero-order valence-electron chi connectivity index (χ0n) is 9.78. The highest BCUT2D eigenvalue weighted by atomic mass is 14.2. The molecule has 0 saturated heterocycles. The van der Waals surface area contributed by atoms with Crippen molar-refractivity contribution in [1.82, 2.24) is 0 Å². The minimum atomic E-state index is 0.525. The molecule has 0 heteroatoms. The Labute approximate surface area is 78.8 Å². The van der Waals surface area contributed by atoms with Crippen molar-refractivity contribution in [3.05, 3.63) is 0 Å². The van der Waals surface area contributed by atoms with Crippen molar-refractivity contribution in [2.75, 3.05) is 0 Å². The molecule has 0 rings (SSSR count). The molecule has 0 aliphatic carbocycles. The van der Waals surface area contributed by atoms with Crippen LogP contribution < -0.4 is 0 Å². The van der Waals surface area contributed by atoms with E-state index in [1.807, 2.05) is 0 Å². The Morgan fingerprint density at radius 3 is 1.83 bits per heavy atom. The van der Waals surface area contributed by atoms with Crippen LogP contribution in [0.15, 0.2) is 0 Å². The van der Waals surface area contributed by atoms with Crippen LogP contribution in [0, 0.1) is 17.3 Å². The Balaban J connectivity index is 3.44. The van der Waals surface area contributed by atoms with Crippen molar-refractivity contribution >= 4 is 0 Å². The van der Waals surface area contributed by atoms with Gasteiger partial charge in [0.25, 0.3) is 0 Å². The smallest absolute Gasteiger partial charge is 0.0383 e. The standard InChI is InChI=1S/C12H26/c1-10(2)11(3)8-7-9-12(4,5)6/h10-11H,7-9H2,1-6H3/t11-/m0/s1. The number of hydrogen-bond donors (Lipinski definition) is 0. The second-order valence-electron chi connectivity index (χ2n) is 5.67. The van der Waals surface area contributed by atoms with Crippen LogP contribution >= 0.6 is 0 Å². The van der Waals surface area contributed by atoms with E-state index in [0.717, 1.165) is 11.8 Å². The fourth-order valence-electron chi connectivity index (χ4n) is 1.29. The van der Waals surface area contributed by atoms with Crippen LogP contribution in [0.25, 0.3) is 0 Å². The zero-order valence-corrected chi connectivity index (χ0v) is 9.78. The summed E-state index contributed by atoms with van der Waals surface area (Å²) < 4.78 is 0. The normalized spacial score (nSPS) is 15.2. The largest absolute Gasteiger partial charge is 0.0625 e. The molecule has 0 aromatic rings. The van der Waals surface area contributed by atoms with Crippen LogP contribution in [-0.4, -0.2) is 0 Å². The molecule has 74 valence electrons. The average Bonchev–Trinajstić information content (AvgIpc) is 1.84. The lowest BCUT2D eigenvalue weighted by molar-refractivity contribution is 0.316. The maximum Gasteiger partial charge on any atom is -0.0383 e. The third kappa shape index (κ3) is 6.69. The first kappa shape index (κ1) is 12.0. The van der Waals surface area contributed by atoms with Gasteiger partial charge >= 0.3 is 0 Å². The van der Waals surface area contributed by atoms with Crippen molar-refractivity contribution in [1.29, 1.82) is 0 Å². The monoisotopic (exact) mass is 170 g/mol. The summed E-state index contributed by atoms with van der Waals surface area (Å²) in [6.07, 6.45) is 4.15. The topological polar surface area (TPSA) is 0 Å². The van der Waals surface area contributed by atoms with E-state index in [2.05, 4.69) is 41.5 Å². The molecule has 0 N–H and O–H groups in total. The summed E-state index contributed by atoms with van der Waals surface area (Å²) in [5, 5.41) is 0. The quantitative estimate of drug-likeness (QED) is 0.583. The van der Waals surface area contributed by atoms with Crippen molar-refractivity contribution in [3.8, 4) is 0 Å². The van der Waals surface area contributed by atoms with Crippen LogP contribution in [-0.2, 0) is 0 Å². The van der Waals surface area contributed by atoms with Crippen LogP contribution in [0.2, 0.25) is 0 Å². The zero-order chi connectivity index (χ0) is 9.78. The maximum absolute atomic E-state index is 2.37. The lowest BCUT2D eigenvalue weighted by Crippen LogP contribution is -2.08. The second kappa shape index (κ2) is 4.89. The number of hydrogen-bond acceptors (Lipinski definition) is 0. The van der Waals surface area contributed by atoms with Crippen LogP contribution in [0.3, 0.4) is 0 Å². The lowest BCUT2D eigenvalue weighted by atomic mass is 9.86.